The molecule has 0 bridgehead atoms. The molecule has 0 saturated heterocycles. The Morgan fingerprint density at radius 1 is 1.38 bits per heavy atom. The minimum atomic E-state index is 0.0860. The molecule has 1 aromatic carbocycles. The molecule has 1 heterocycles. The van der Waals surface area contributed by atoms with Crippen molar-refractivity contribution in [2.45, 2.75) is 45.3 Å². The fraction of sp³-hybridized carbons (Fsp3) is 0.438. The van der Waals surface area contributed by atoms with Gasteiger partial charge in [-0.3, -0.25) is 0 Å². The average Bonchev–Trinajstić information content (AvgIpc) is 2.80. The van der Waals surface area contributed by atoms with Crippen LogP contribution in [0.2, 0.25) is 0 Å². The number of fused-ring (bicyclic) bond motifs is 1. The van der Waals surface area contributed by atoms with Gasteiger partial charge in [0.15, 0.2) is 16.6 Å². The summed E-state index contributed by atoms with van der Waals surface area (Å²) >= 11 is 1.38. The maximum absolute atomic E-state index is 5.92. The smallest absolute Gasteiger partial charge is 0.197 e. The molecule has 0 radical (unpaired) electrons. The second-order valence-electron chi connectivity index (χ2n) is 5.68. The lowest BCUT2D eigenvalue weighted by Gasteiger charge is -2.27. The van der Waals surface area contributed by atoms with Crippen molar-refractivity contribution in [2.75, 3.05) is 11.1 Å². The van der Waals surface area contributed by atoms with Crippen molar-refractivity contribution < 1.29 is 4.74 Å². The Kier molecular flexibility index (Phi) is 4.01. The van der Waals surface area contributed by atoms with Gasteiger partial charge in [0, 0.05) is 0 Å². The van der Waals surface area contributed by atoms with E-state index in [1.807, 2.05) is 13.8 Å². The molecule has 1 unspecified atom stereocenters. The maximum atomic E-state index is 5.92. The summed E-state index contributed by atoms with van der Waals surface area (Å²) in [6.45, 7) is 3.99. The number of nitrogen functional groups attached to an aromatic ring is 1. The van der Waals surface area contributed by atoms with Crippen LogP contribution in [0, 0.1) is 0 Å². The zero-order chi connectivity index (χ0) is 14.8. The highest BCUT2D eigenvalue weighted by Crippen LogP contribution is 2.40. The standard InChI is InChI=1S/C16H21N3OS/c1-10(2)20-14-15(17)19-21-16(14)18-13-9-5-7-11-6-3-4-8-12(11)13/h3-4,6,8,10,13,18H,5,7,9H2,1-2H3,(H2,17,19). The van der Waals surface area contributed by atoms with Gasteiger partial charge in [-0.15, -0.1) is 0 Å². The van der Waals surface area contributed by atoms with Crippen LogP contribution in [0.15, 0.2) is 24.3 Å². The molecule has 0 fully saturated rings. The number of hydrogen-bond donors (Lipinski definition) is 2. The first-order valence-corrected chi connectivity index (χ1v) is 8.18. The van der Waals surface area contributed by atoms with Gasteiger partial charge in [0.05, 0.1) is 12.1 Å². The lowest BCUT2D eigenvalue weighted by Crippen LogP contribution is -2.17. The van der Waals surface area contributed by atoms with Gasteiger partial charge in [0.2, 0.25) is 0 Å². The highest BCUT2D eigenvalue weighted by Gasteiger charge is 2.23. The Hall–Kier alpha value is -1.75. The first kappa shape index (κ1) is 14.2. The molecule has 0 spiro atoms. The summed E-state index contributed by atoms with van der Waals surface area (Å²) in [4.78, 5) is 0. The van der Waals surface area contributed by atoms with Crippen LogP contribution in [0.5, 0.6) is 5.75 Å². The summed E-state index contributed by atoms with van der Waals surface area (Å²) in [6.07, 6.45) is 3.57. The molecule has 0 saturated carbocycles. The van der Waals surface area contributed by atoms with Crippen LogP contribution in [0.1, 0.15) is 43.9 Å². The summed E-state index contributed by atoms with van der Waals surface area (Å²) in [5.74, 6) is 1.17. The van der Waals surface area contributed by atoms with Crippen molar-refractivity contribution >= 4 is 22.4 Å². The van der Waals surface area contributed by atoms with Crippen molar-refractivity contribution in [2.24, 2.45) is 0 Å². The molecule has 1 aliphatic rings. The van der Waals surface area contributed by atoms with Gasteiger partial charge < -0.3 is 15.8 Å². The van der Waals surface area contributed by atoms with E-state index in [4.69, 9.17) is 10.5 Å². The molecule has 5 heteroatoms. The van der Waals surface area contributed by atoms with Crippen LogP contribution in [0.4, 0.5) is 10.8 Å². The highest BCUT2D eigenvalue weighted by atomic mass is 32.1. The minimum absolute atomic E-state index is 0.0860. The number of nitrogens with two attached hydrogens (primary N) is 1. The fourth-order valence-electron chi connectivity index (χ4n) is 2.80. The van der Waals surface area contributed by atoms with Crippen molar-refractivity contribution in [3.05, 3.63) is 35.4 Å². The zero-order valence-corrected chi connectivity index (χ0v) is 13.2. The second kappa shape index (κ2) is 5.93. The molecule has 1 aliphatic carbocycles. The zero-order valence-electron chi connectivity index (χ0n) is 12.4. The summed E-state index contributed by atoms with van der Waals surface area (Å²) in [5.41, 5.74) is 8.74. The molecule has 1 aromatic heterocycles. The fourth-order valence-corrected chi connectivity index (χ4v) is 3.50. The number of aromatic nitrogens is 1. The first-order valence-electron chi connectivity index (χ1n) is 7.41. The van der Waals surface area contributed by atoms with Gasteiger partial charge in [-0.25, -0.2) is 0 Å². The van der Waals surface area contributed by atoms with Crippen LogP contribution < -0.4 is 15.8 Å². The second-order valence-corrected chi connectivity index (χ2v) is 6.45. The monoisotopic (exact) mass is 303 g/mol. The quantitative estimate of drug-likeness (QED) is 0.896. The third kappa shape index (κ3) is 2.97. The Morgan fingerprint density at radius 3 is 3.00 bits per heavy atom. The van der Waals surface area contributed by atoms with E-state index in [9.17, 15) is 0 Å². The number of anilines is 2. The van der Waals surface area contributed by atoms with E-state index >= 15 is 0 Å². The Labute approximate surface area is 129 Å². The third-order valence-electron chi connectivity index (χ3n) is 3.70. The predicted octanol–water partition coefficient (Wildman–Crippen LogP) is 4.00. The summed E-state index contributed by atoms with van der Waals surface area (Å²) in [6, 6.07) is 8.95. The molecular formula is C16H21N3OS. The molecule has 3 N–H and O–H groups in total. The molecule has 112 valence electrons. The average molecular weight is 303 g/mol. The van der Waals surface area contributed by atoms with E-state index in [1.165, 1.54) is 29.1 Å². The Balaban J connectivity index is 1.85. The molecule has 3 rings (SSSR count). The van der Waals surface area contributed by atoms with E-state index in [2.05, 4.69) is 34.0 Å². The van der Waals surface area contributed by atoms with Gasteiger partial charge in [-0.2, -0.15) is 4.37 Å². The van der Waals surface area contributed by atoms with E-state index in [0.29, 0.717) is 17.6 Å². The van der Waals surface area contributed by atoms with Crippen molar-refractivity contribution in [1.29, 1.82) is 0 Å². The number of rotatable bonds is 4. The third-order valence-corrected chi connectivity index (χ3v) is 4.48. The summed E-state index contributed by atoms with van der Waals surface area (Å²) in [7, 11) is 0. The van der Waals surface area contributed by atoms with Crippen molar-refractivity contribution in [3.63, 3.8) is 0 Å². The molecule has 21 heavy (non-hydrogen) atoms. The predicted molar refractivity (Wildman–Crippen MR) is 88.0 cm³/mol. The van der Waals surface area contributed by atoms with Crippen LogP contribution in [0.3, 0.4) is 0 Å². The molecule has 1 atom stereocenters. The Morgan fingerprint density at radius 2 is 2.19 bits per heavy atom. The van der Waals surface area contributed by atoms with Crippen molar-refractivity contribution in [3.8, 4) is 5.75 Å². The van der Waals surface area contributed by atoms with E-state index in [1.54, 1.807) is 0 Å². The first-order chi connectivity index (χ1) is 10.1. The van der Waals surface area contributed by atoms with Crippen molar-refractivity contribution in [1.82, 2.24) is 4.37 Å². The van der Waals surface area contributed by atoms with Crippen LogP contribution in [-0.4, -0.2) is 10.5 Å². The molecule has 2 aromatic rings. The lowest BCUT2D eigenvalue weighted by atomic mass is 9.88. The normalized spacial score (nSPS) is 17.6. The van der Waals surface area contributed by atoms with E-state index in [-0.39, 0.29) is 6.10 Å². The number of nitrogens with zero attached hydrogens (tertiary/aromatic N) is 1. The van der Waals surface area contributed by atoms with Crippen LogP contribution >= 0.6 is 11.5 Å². The number of benzene rings is 1. The maximum Gasteiger partial charge on any atom is 0.197 e. The van der Waals surface area contributed by atoms with E-state index < -0.39 is 0 Å². The van der Waals surface area contributed by atoms with Gasteiger partial charge >= 0.3 is 0 Å². The minimum Gasteiger partial charge on any atom is -0.484 e. The molecule has 0 amide bonds. The molecule has 0 aliphatic heterocycles. The number of hydrogen-bond acceptors (Lipinski definition) is 5. The van der Waals surface area contributed by atoms with Gasteiger partial charge in [0.25, 0.3) is 0 Å². The highest BCUT2D eigenvalue weighted by molar-refractivity contribution is 7.11. The van der Waals surface area contributed by atoms with Gasteiger partial charge in [0.1, 0.15) is 0 Å². The number of ether oxygens (including phenoxy) is 1. The van der Waals surface area contributed by atoms with Gasteiger partial charge in [-0.1, -0.05) is 24.3 Å². The molecule has 4 nitrogen and oxygen atoms in total. The van der Waals surface area contributed by atoms with Crippen LogP contribution in [0.25, 0.3) is 0 Å². The SMILES string of the molecule is CC(C)Oc1c(N)nsc1NC1CCCc2ccccc21. The Bertz CT molecular complexity index is 624. The van der Waals surface area contributed by atoms with E-state index in [0.717, 1.165) is 17.8 Å². The number of aryl methyl sites for hydroxylation is 1. The lowest BCUT2D eigenvalue weighted by molar-refractivity contribution is 0.245. The topological polar surface area (TPSA) is 60.2 Å². The molecular weight excluding hydrogens is 282 g/mol. The number of nitrogens with one attached hydrogen (secondary N) is 1. The summed E-state index contributed by atoms with van der Waals surface area (Å²) in [5, 5.41) is 4.52. The summed E-state index contributed by atoms with van der Waals surface area (Å²) < 4.78 is 10.0. The van der Waals surface area contributed by atoms with Crippen LogP contribution in [-0.2, 0) is 6.42 Å². The largest absolute Gasteiger partial charge is 0.484 e. The van der Waals surface area contributed by atoms with Gasteiger partial charge in [-0.05, 0) is 55.8 Å².